The molecule has 7 nitrogen and oxygen atoms in total. The smallest absolute Gasteiger partial charge is 0.337 e. The number of imidazole rings is 1. The number of aromatic amines is 1. The Bertz CT molecular complexity index is 1160. The van der Waals surface area contributed by atoms with Crippen LogP contribution in [0.2, 0.25) is 10.0 Å². The first-order valence-corrected chi connectivity index (χ1v) is 10.4. The zero-order valence-corrected chi connectivity index (χ0v) is 18.4. The molecule has 0 radical (unpaired) electrons. The number of nitrogens with zero attached hydrogens (tertiary/aromatic N) is 2. The summed E-state index contributed by atoms with van der Waals surface area (Å²) >= 11 is 12.8. The van der Waals surface area contributed by atoms with Crippen molar-refractivity contribution in [3.63, 3.8) is 0 Å². The molecule has 2 heterocycles. The molecular weight excluding hydrogens is 439 g/mol. The topological polar surface area (TPSA) is 87.3 Å². The second-order valence-corrected chi connectivity index (χ2v) is 7.99. The number of hydrogen-bond acceptors (Lipinski definition) is 4. The summed E-state index contributed by atoms with van der Waals surface area (Å²) in [5.41, 5.74) is 4.07. The normalized spacial score (nSPS) is 15.4. The Balaban J connectivity index is 1.70. The third-order valence-corrected chi connectivity index (χ3v) is 6.20. The fourth-order valence-corrected chi connectivity index (χ4v) is 4.14. The SMILES string of the molecule is COC(=O)c1ccc(C)c(NC(=O)N2CCc3[nH]cnc3[C@H]2c2cccc(Cl)c2Cl)c1. The van der Waals surface area contributed by atoms with Crippen molar-refractivity contribution in [1.82, 2.24) is 14.9 Å². The van der Waals surface area contributed by atoms with Crippen molar-refractivity contribution in [2.75, 3.05) is 19.0 Å². The predicted octanol–water partition coefficient (Wildman–Crippen LogP) is 4.99. The van der Waals surface area contributed by atoms with Crippen LogP contribution in [0.25, 0.3) is 0 Å². The van der Waals surface area contributed by atoms with Gasteiger partial charge in [-0.25, -0.2) is 14.6 Å². The average molecular weight is 459 g/mol. The molecule has 160 valence electrons. The maximum absolute atomic E-state index is 13.4. The molecule has 1 aliphatic heterocycles. The zero-order valence-electron chi connectivity index (χ0n) is 16.9. The van der Waals surface area contributed by atoms with E-state index in [1.54, 1.807) is 41.6 Å². The Labute approximate surface area is 189 Å². The Kier molecular flexibility index (Phi) is 5.89. The summed E-state index contributed by atoms with van der Waals surface area (Å²) in [5, 5.41) is 3.71. The summed E-state index contributed by atoms with van der Waals surface area (Å²) in [5.74, 6) is -0.474. The summed E-state index contributed by atoms with van der Waals surface area (Å²) in [6.45, 7) is 2.30. The van der Waals surface area contributed by atoms with E-state index in [1.165, 1.54) is 7.11 Å². The van der Waals surface area contributed by atoms with Crippen molar-refractivity contribution < 1.29 is 14.3 Å². The molecule has 0 bridgehead atoms. The van der Waals surface area contributed by atoms with Gasteiger partial charge in [0.1, 0.15) is 6.04 Å². The van der Waals surface area contributed by atoms with Gasteiger partial charge in [0.05, 0.1) is 34.7 Å². The Hall–Kier alpha value is -3.03. The fourth-order valence-electron chi connectivity index (χ4n) is 3.73. The molecule has 2 aromatic carbocycles. The van der Waals surface area contributed by atoms with Gasteiger partial charge in [0, 0.05) is 29.9 Å². The number of halogens is 2. The summed E-state index contributed by atoms with van der Waals surface area (Å²) in [4.78, 5) is 34.5. The number of benzene rings is 2. The van der Waals surface area contributed by atoms with Crippen LogP contribution < -0.4 is 5.32 Å². The minimum absolute atomic E-state index is 0.334. The molecule has 31 heavy (non-hydrogen) atoms. The maximum atomic E-state index is 13.4. The van der Waals surface area contributed by atoms with E-state index in [0.717, 1.165) is 17.0 Å². The largest absolute Gasteiger partial charge is 0.465 e. The van der Waals surface area contributed by atoms with E-state index < -0.39 is 12.0 Å². The van der Waals surface area contributed by atoms with Crippen molar-refractivity contribution in [1.29, 1.82) is 0 Å². The number of carbonyl (C=O) groups excluding carboxylic acids is 2. The zero-order chi connectivity index (χ0) is 22.1. The van der Waals surface area contributed by atoms with Gasteiger partial charge in [-0.15, -0.1) is 0 Å². The maximum Gasteiger partial charge on any atom is 0.337 e. The number of urea groups is 1. The lowest BCUT2D eigenvalue weighted by Gasteiger charge is -2.35. The number of H-pyrrole nitrogens is 1. The quantitative estimate of drug-likeness (QED) is 0.541. The Morgan fingerprint density at radius 3 is 2.84 bits per heavy atom. The number of esters is 1. The molecule has 2 N–H and O–H groups in total. The highest BCUT2D eigenvalue weighted by atomic mass is 35.5. The molecule has 1 atom stereocenters. The highest BCUT2D eigenvalue weighted by Gasteiger charge is 2.35. The molecule has 1 aliphatic rings. The van der Waals surface area contributed by atoms with Gasteiger partial charge in [0.2, 0.25) is 0 Å². The molecule has 0 unspecified atom stereocenters. The monoisotopic (exact) mass is 458 g/mol. The molecule has 0 saturated carbocycles. The highest BCUT2D eigenvalue weighted by Crippen LogP contribution is 2.39. The third-order valence-electron chi connectivity index (χ3n) is 5.36. The van der Waals surface area contributed by atoms with Crippen LogP contribution in [0.15, 0.2) is 42.7 Å². The molecule has 0 saturated heterocycles. The van der Waals surface area contributed by atoms with Crippen LogP contribution in [0.5, 0.6) is 0 Å². The fraction of sp³-hybridized carbons (Fsp3) is 0.227. The van der Waals surface area contributed by atoms with Crippen LogP contribution in [-0.4, -0.2) is 40.5 Å². The summed E-state index contributed by atoms with van der Waals surface area (Å²) in [6.07, 6.45) is 2.24. The number of amides is 2. The lowest BCUT2D eigenvalue weighted by atomic mass is 9.96. The molecule has 3 aromatic rings. The molecule has 4 rings (SSSR count). The van der Waals surface area contributed by atoms with Gasteiger partial charge in [-0.05, 0) is 30.7 Å². The number of hydrogen-bond donors (Lipinski definition) is 2. The van der Waals surface area contributed by atoms with Gasteiger partial charge < -0.3 is 19.9 Å². The van der Waals surface area contributed by atoms with Crippen LogP contribution in [0.3, 0.4) is 0 Å². The molecule has 9 heteroatoms. The van der Waals surface area contributed by atoms with Crippen molar-refractivity contribution in [3.8, 4) is 0 Å². The first-order chi connectivity index (χ1) is 14.9. The van der Waals surface area contributed by atoms with Gasteiger partial charge in [-0.1, -0.05) is 41.4 Å². The van der Waals surface area contributed by atoms with Crippen LogP contribution in [0.4, 0.5) is 10.5 Å². The Morgan fingerprint density at radius 2 is 2.06 bits per heavy atom. The molecule has 0 spiro atoms. The molecular formula is C22H20Cl2N4O3. The number of carbonyl (C=O) groups is 2. The number of aryl methyl sites for hydroxylation is 1. The molecule has 2 amide bonds. The number of rotatable bonds is 3. The standard InChI is InChI=1S/C22H20Cl2N4O3/c1-12-6-7-13(21(29)31-2)10-17(12)27-22(30)28-9-8-16-19(26-11-25-16)20(28)14-4-3-5-15(23)18(14)24/h3-7,10-11,20H,8-9H2,1-2H3,(H,25,26)(H,27,30)/t20-/m1/s1. The summed E-state index contributed by atoms with van der Waals surface area (Å²) in [6, 6.07) is 9.51. The van der Waals surface area contributed by atoms with E-state index in [9.17, 15) is 9.59 Å². The van der Waals surface area contributed by atoms with Crippen LogP contribution in [0.1, 0.15) is 38.9 Å². The number of nitrogens with one attached hydrogen (secondary N) is 2. The van der Waals surface area contributed by atoms with E-state index in [1.807, 2.05) is 13.0 Å². The first-order valence-electron chi connectivity index (χ1n) is 9.63. The predicted molar refractivity (Wildman–Crippen MR) is 119 cm³/mol. The van der Waals surface area contributed by atoms with Gasteiger partial charge in [-0.3, -0.25) is 0 Å². The second kappa shape index (κ2) is 8.61. The van der Waals surface area contributed by atoms with Crippen molar-refractivity contribution in [2.24, 2.45) is 0 Å². The number of methoxy groups -OCH3 is 1. The summed E-state index contributed by atoms with van der Waals surface area (Å²) < 4.78 is 4.78. The van der Waals surface area contributed by atoms with Gasteiger partial charge in [-0.2, -0.15) is 0 Å². The number of ether oxygens (including phenoxy) is 1. The van der Waals surface area contributed by atoms with Crippen molar-refractivity contribution >= 4 is 40.9 Å². The number of fused-ring (bicyclic) bond motifs is 1. The lowest BCUT2D eigenvalue weighted by molar-refractivity contribution is 0.0600. The summed E-state index contributed by atoms with van der Waals surface area (Å²) in [7, 11) is 1.31. The number of aromatic nitrogens is 2. The Morgan fingerprint density at radius 1 is 1.26 bits per heavy atom. The van der Waals surface area contributed by atoms with E-state index in [-0.39, 0.29) is 6.03 Å². The van der Waals surface area contributed by atoms with E-state index in [4.69, 9.17) is 27.9 Å². The minimum atomic E-state index is -0.509. The third kappa shape index (κ3) is 3.98. The average Bonchev–Trinajstić information content (AvgIpc) is 3.25. The molecule has 0 aliphatic carbocycles. The minimum Gasteiger partial charge on any atom is -0.465 e. The second-order valence-electron chi connectivity index (χ2n) is 7.21. The van der Waals surface area contributed by atoms with Crippen molar-refractivity contribution in [2.45, 2.75) is 19.4 Å². The lowest BCUT2D eigenvalue weighted by Crippen LogP contribution is -2.43. The first kappa shape index (κ1) is 21.2. The number of anilines is 1. The van der Waals surface area contributed by atoms with Gasteiger partial charge >= 0.3 is 12.0 Å². The van der Waals surface area contributed by atoms with Crippen LogP contribution in [-0.2, 0) is 11.2 Å². The van der Waals surface area contributed by atoms with E-state index in [0.29, 0.717) is 39.8 Å². The van der Waals surface area contributed by atoms with Gasteiger partial charge in [0.25, 0.3) is 0 Å². The van der Waals surface area contributed by atoms with Crippen LogP contribution >= 0.6 is 23.2 Å². The molecule has 0 fully saturated rings. The van der Waals surface area contributed by atoms with Gasteiger partial charge in [0.15, 0.2) is 0 Å². The highest BCUT2D eigenvalue weighted by molar-refractivity contribution is 6.42. The van der Waals surface area contributed by atoms with Crippen LogP contribution in [0, 0.1) is 6.92 Å². The molecule has 1 aromatic heterocycles. The van der Waals surface area contributed by atoms with Crippen molar-refractivity contribution in [3.05, 3.63) is 80.8 Å². The van der Waals surface area contributed by atoms with E-state index in [2.05, 4.69) is 15.3 Å². The van der Waals surface area contributed by atoms with E-state index >= 15 is 0 Å².